The predicted octanol–water partition coefficient (Wildman–Crippen LogP) is 5.35. The van der Waals surface area contributed by atoms with Gasteiger partial charge >= 0.3 is 0 Å². The molecule has 0 saturated carbocycles. The maximum atomic E-state index is 13.8. The summed E-state index contributed by atoms with van der Waals surface area (Å²) in [5.41, 5.74) is 2.61. The number of rotatable bonds is 3. The second-order valence-corrected chi connectivity index (χ2v) is 6.30. The van der Waals surface area contributed by atoms with Crippen LogP contribution in [-0.2, 0) is 6.42 Å². The Kier molecular flexibility index (Phi) is 4.09. The molecule has 0 spiro atoms. The van der Waals surface area contributed by atoms with Gasteiger partial charge in [-0.2, -0.15) is 0 Å². The molecule has 2 aromatic rings. The summed E-state index contributed by atoms with van der Waals surface area (Å²) in [4.78, 5) is 0. The maximum Gasteiger partial charge on any atom is 0.156 e. The minimum Gasteiger partial charge on any atom is -0.493 e. The monoisotopic (exact) mass is 369 g/mol. The highest BCUT2D eigenvalue weighted by Crippen LogP contribution is 2.41. The Labute approximate surface area is 136 Å². The van der Waals surface area contributed by atoms with Crippen molar-refractivity contribution in [1.29, 1.82) is 0 Å². The molecule has 0 fully saturated rings. The first-order valence-electron chi connectivity index (χ1n) is 6.67. The van der Waals surface area contributed by atoms with Crippen LogP contribution in [0.4, 0.5) is 10.1 Å². The lowest BCUT2D eigenvalue weighted by molar-refractivity contribution is 0.413. The van der Waals surface area contributed by atoms with Gasteiger partial charge in [-0.25, -0.2) is 4.39 Å². The van der Waals surface area contributed by atoms with E-state index in [1.165, 1.54) is 6.07 Å². The number of hydrogen-bond donors (Lipinski definition) is 1. The first kappa shape index (κ1) is 14.7. The van der Waals surface area contributed by atoms with Gasteiger partial charge in [-0.3, -0.25) is 0 Å². The molecule has 1 unspecified atom stereocenters. The lowest BCUT2D eigenvalue weighted by atomic mass is 10.1. The Morgan fingerprint density at radius 2 is 2.19 bits per heavy atom. The molecular formula is C16H14BrClFNO. The van der Waals surface area contributed by atoms with E-state index >= 15 is 0 Å². The number of anilines is 1. The van der Waals surface area contributed by atoms with Crippen molar-refractivity contribution >= 4 is 33.2 Å². The molecule has 0 aliphatic heterocycles. The number of nitrogens with one attached hydrogen (secondary N) is 1. The summed E-state index contributed by atoms with van der Waals surface area (Å²) in [6.07, 6.45) is 1.59. The van der Waals surface area contributed by atoms with Crippen LogP contribution in [-0.4, -0.2) is 7.11 Å². The van der Waals surface area contributed by atoms with Crippen LogP contribution in [0.25, 0.3) is 0 Å². The zero-order valence-corrected chi connectivity index (χ0v) is 13.8. The molecule has 1 N–H and O–H groups in total. The molecule has 0 bridgehead atoms. The summed E-state index contributed by atoms with van der Waals surface area (Å²) in [5, 5.41) is 4.03. The Balaban J connectivity index is 1.95. The number of methoxy groups -OCH3 is 1. The second-order valence-electron chi connectivity index (χ2n) is 5.01. The molecule has 1 atom stereocenters. The third-order valence-electron chi connectivity index (χ3n) is 3.76. The second kappa shape index (κ2) is 5.85. The molecular weight excluding hydrogens is 357 g/mol. The van der Waals surface area contributed by atoms with Gasteiger partial charge in [0.15, 0.2) is 5.75 Å². The molecule has 1 aliphatic carbocycles. The van der Waals surface area contributed by atoms with Crippen LogP contribution >= 0.6 is 27.5 Å². The van der Waals surface area contributed by atoms with E-state index in [9.17, 15) is 4.39 Å². The summed E-state index contributed by atoms with van der Waals surface area (Å²) in [7, 11) is 1.61. The van der Waals surface area contributed by atoms with Crippen LogP contribution in [0, 0.1) is 5.82 Å². The molecule has 5 heteroatoms. The zero-order chi connectivity index (χ0) is 15.0. The molecule has 1 aliphatic rings. The van der Waals surface area contributed by atoms with E-state index < -0.39 is 0 Å². The van der Waals surface area contributed by atoms with Gasteiger partial charge in [0.2, 0.25) is 0 Å². The first-order valence-corrected chi connectivity index (χ1v) is 7.84. The fourth-order valence-electron chi connectivity index (χ4n) is 2.82. The molecule has 3 rings (SSSR count). The van der Waals surface area contributed by atoms with Gasteiger partial charge in [0.1, 0.15) is 5.82 Å². The Hall–Kier alpha value is -1.26. The van der Waals surface area contributed by atoms with Gasteiger partial charge in [0, 0.05) is 5.02 Å². The van der Waals surface area contributed by atoms with Crippen molar-refractivity contribution in [2.45, 2.75) is 18.9 Å². The van der Waals surface area contributed by atoms with E-state index in [2.05, 4.69) is 21.2 Å². The number of benzene rings is 2. The quantitative estimate of drug-likeness (QED) is 0.786. The average Bonchev–Trinajstić information content (AvgIpc) is 2.83. The lowest BCUT2D eigenvalue weighted by Crippen LogP contribution is -2.08. The van der Waals surface area contributed by atoms with Gasteiger partial charge in [0.05, 0.1) is 23.3 Å². The summed E-state index contributed by atoms with van der Waals surface area (Å²) < 4.78 is 20.0. The SMILES string of the molecule is COc1c(Br)cc(Cl)cc1NC1CCc2c(F)cccc21. The van der Waals surface area contributed by atoms with E-state index in [0.29, 0.717) is 10.8 Å². The highest BCUT2D eigenvalue weighted by Gasteiger charge is 2.25. The van der Waals surface area contributed by atoms with Gasteiger partial charge < -0.3 is 10.1 Å². The smallest absolute Gasteiger partial charge is 0.156 e. The van der Waals surface area contributed by atoms with E-state index in [1.54, 1.807) is 19.2 Å². The number of hydrogen-bond acceptors (Lipinski definition) is 2. The Morgan fingerprint density at radius 3 is 2.95 bits per heavy atom. The number of halogens is 3. The van der Waals surface area contributed by atoms with Crippen LogP contribution < -0.4 is 10.1 Å². The molecule has 2 nitrogen and oxygen atoms in total. The summed E-state index contributed by atoms with van der Waals surface area (Å²) in [6.45, 7) is 0. The summed E-state index contributed by atoms with van der Waals surface area (Å²) in [5.74, 6) is 0.570. The van der Waals surface area contributed by atoms with Crippen molar-refractivity contribution in [1.82, 2.24) is 0 Å². The minimum atomic E-state index is -0.129. The lowest BCUT2D eigenvalue weighted by Gasteiger charge is -2.19. The highest BCUT2D eigenvalue weighted by molar-refractivity contribution is 9.10. The van der Waals surface area contributed by atoms with E-state index in [4.69, 9.17) is 16.3 Å². The number of ether oxygens (including phenoxy) is 1. The van der Waals surface area contributed by atoms with Crippen LogP contribution in [0.15, 0.2) is 34.8 Å². The Bertz CT molecular complexity index is 692. The predicted molar refractivity (Wildman–Crippen MR) is 86.8 cm³/mol. The van der Waals surface area contributed by atoms with Gasteiger partial charge in [-0.05, 0) is 58.1 Å². The van der Waals surface area contributed by atoms with E-state index in [-0.39, 0.29) is 11.9 Å². The molecule has 110 valence electrons. The normalized spacial score (nSPS) is 16.7. The molecule has 0 aromatic heterocycles. The van der Waals surface area contributed by atoms with Gasteiger partial charge in [-0.15, -0.1) is 0 Å². The van der Waals surface area contributed by atoms with Crippen LogP contribution in [0.2, 0.25) is 5.02 Å². The minimum absolute atomic E-state index is 0.0648. The summed E-state index contributed by atoms with van der Waals surface area (Å²) >= 11 is 9.55. The van der Waals surface area contributed by atoms with Crippen molar-refractivity contribution < 1.29 is 9.13 Å². The first-order chi connectivity index (χ1) is 10.1. The van der Waals surface area contributed by atoms with Crippen molar-refractivity contribution in [3.05, 3.63) is 56.8 Å². The maximum absolute atomic E-state index is 13.8. The van der Waals surface area contributed by atoms with Crippen molar-refractivity contribution in [2.24, 2.45) is 0 Å². The molecule has 2 aromatic carbocycles. The fourth-order valence-corrected chi connectivity index (χ4v) is 3.79. The fraction of sp³-hybridized carbons (Fsp3) is 0.250. The molecule has 21 heavy (non-hydrogen) atoms. The molecule has 0 heterocycles. The van der Waals surface area contributed by atoms with Gasteiger partial charge in [-0.1, -0.05) is 23.7 Å². The van der Waals surface area contributed by atoms with E-state index in [1.807, 2.05) is 12.1 Å². The number of fused-ring (bicyclic) bond motifs is 1. The zero-order valence-electron chi connectivity index (χ0n) is 11.4. The third kappa shape index (κ3) is 2.74. The topological polar surface area (TPSA) is 21.3 Å². The standard InChI is InChI=1S/C16H14BrClFNO/c1-21-16-12(17)7-9(18)8-15(16)20-14-6-5-10-11(14)3-2-4-13(10)19/h2-4,7-8,14,20H,5-6H2,1H3. The summed E-state index contributed by atoms with van der Waals surface area (Å²) in [6, 6.07) is 8.90. The molecule has 0 radical (unpaired) electrons. The van der Waals surface area contributed by atoms with Gasteiger partial charge in [0.25, 0.3) is 0 Å². The molecule has 0 saturated heterocycles. The Morgan fingerprint density at radius 1 is 1.38 bits per heavy atom. The molecule has 0 amide bonds. The average molecular weight is 371 g/mol. The largest absolute Gasteiger partial charge is 0.493 e. The van der Waals surface area contributed by atoms with Crippen LogP contribution in [0.3, 0.4) is 0 Å². The van der Waals surface area contributed by atoms with Crippen molar-refractivity contribution in [3.63, 3.8) is 0 Å². The van der Waals surface area contributed by atoms with Crippen LogP contribution in [0.1, 0.15) is 23.6 Å². The van der Waals surface area contributed by atoms with Crippen molar-refractivity contribution in [2.75, 3.05) is 12.4 Å². The highest BCUT2D eigenvalue weighted by atomic mass is 79.9. The third-order valence-corrected chi connectivity index (χ3v) is 4.56. The van der Waals surface area contributed by atoms with Crippen LogP contribution in [0.5, 0.6) is 5.75 Å². The van der Waals surface area contributed by atoms with E-state index in [0.717, 1.165) is 34.1 Å². The van der Waals surface area contributed by atoms with Crippen molar-refractivity contribution in [3.8, 4) is 5.75 Å².